The van der Waals surface area contributed by atoms with Gasteiger partial charge < -0.3 is 10.0 Å². The minimum absolute atomic E-state index is 0.00525. The fourth-order valence-corrected chi connectivity index (χ4v) is 4.95. The molecule has 5 nitrogen and oxygen atoms in total. The van der Waals surface area contributed by atoms with Gasteiger partial charge in [-0.05, 0) is 60.1 Å². The van der Waals surface area contributed by atoms with Crippen LogP contribution in [0.2, 0.25) is 0 Å². The largest absolute Gasteiger partial charge is 0.507 e. The number of aryl methyl sites for hydroxylation is 1. The van der Waals surface area contributed by atoms with Gasteiger partial charge in [-0.15, -0.1) is 0 Å². The fraction of sp³-hybridized carbons (Fsp3) is 0.444. The second-order valence-corrected chi connectivity index (χ2v) is 10.1. The number of amides is 1. The number of aliphatic hydroxyl groups is 1. The predicted molar refractivity (Wildman–Crippen MR) is 125 cm³/mol. The van der Waals surface area contributed by atoms with Crippen molar-refractivity contribution in [2.24, 2.45) is 0 Å². The molecule has 1 aromatic heterocycles. The van der Waals surface area contributed by atoms with Crippen molar-refractivity contribution in [3.8, 4) is 0 Å². The lowest BCUT2D eigenvalue weighted by molar-refractivity contribution is -0.141. The minimum Gasteiger partial charge on any atom is -0.507 e. The number of benzene rings is 1. The number of pyridine rings is 1. The molecule has 1 aliphatic carbocycles. The van der Waals surface area contributed by atoms with Crippen molar-refractivity contribution < 1.29 is 14.7 Å². The van der Waals surface area contributed by atoms with E-state index in [1.807, 2.05) is 37.3 Å². The molecule has 0 spiro atoms. The summed E-state index contributed by atoms with van der Waals surface area (Å²) in [5, 5.41) is 11.5. The van der Waals surface area contributed by atoms with Gasteiger partial charge in [-0.2, -0.15) is 0 Å². The van der Waals surface area contributed by atoms with Crippen LogP contribution in [0.3, 0.4) is 0 Å². The van der Waals surface area contributed by atoms with Crippen molar-refractivity contribution in [1.29, 1.82) is 0 Å². The number of rotatable bonds is 3. The number of nitrogens with zero attached hydrogens (tertiary/aromatic N) is 2. The first-order chi connectivity index (χ1) is 15.2. The van der Waals surface area contributed by atoms with E-state index in [4.69, 9.17) is 0 Å². The van der Waals surface area contributed by atoms with E-state index >= 15 is 0 Å². The zero-order valence-corrected chi connectivity index (χ0v) is 19.4. The lowest BCUT2D eigenvalue weighted by atomic mass is 9.84. The zero-order chi connectivity index (χ0) is 23.0. The molecule has 2 heterocycles. The first-order valence-electron chi connectivity index (χ1n) is 11.5. The third kappa shape index (κ3) is 3.96. The van der Waals surface area contributed by atoms with Gasteiger partial charge in [0.05, 0.1) is 11.6 Å². The van der Waals surface area contributed by atoms with E-state index in [0.717, 1.165) is 48.8 Å². The summed E-state index contributed by atoms with van der Waals surface area (Å²) >= 11 is 0. The van der Waals surface area contributed by atoms with Gasteiger partial charge in [0.2, 0.25) is 0 Å². The maximum atomic E-state index is 13.3. The van der Waals surface area contributed by atoms with Gasteiger partial charge in [-0.25, -0.2) is 0 Å². The molecule has 2 aliphatic rings. The van der Waals surface area contributed by atoms with Crippen LogP contribution in [0.25, 0.3) is 5.76 Å². The van der Waals surface area contributed by atoms with Crippen LogP contribution in [0.4, 0.5) is 0 Å². The average Bonchev–Trinajstić information content (AvgIpc) is 3.04. The van der Waals surface area contributed by atoms with E-state index in [0.29, 0.717) is 5.56 Å². The van der Waals surface area contributed by atoms with E-state index in [2.05, 4.69) is 25.8 Å². The Morgan fingerprint density at radius 2 is 1.69 bits per heavy atom. The normalized spacial score (nSPS) is 21.9. The highest BCUT2D eigenvalue weighted by Gasteiger charge is 2.49. The molecule has 168 valence electrons. The lowest BCUT2D eigenvalue weighted by Gasteiger charge is -2.35. The van der Waals surface area contributed by atoms with E-state index < -0.39 is 17.7 Å². The van der Waals surface area contributed by atoms with Gasteiger partial charge in [-0.1, -0.05) is 52.2 Å². The number of aromatic nitrogens is 1. The zero-order valence-electron chi connectivity index (χ0n) is 19.4. The molecule has 1 unspecified atom stereocenters. The Balaban J connectivity index is 1.90. The highest BCUT2D eigenvalue weighted by molar-refractivity contribution is 6.46. The molecule has 0 bridgehead atoms. The Bertz CT molecular complexity index is 1060. The summed E-state index contributed by atoms with van der Waals surface area (Å²) in [7, 11) is 0. The molecule has 1 N–H and O–H groups in total. The number of likely N-dealkylation sites (tertiary alicyclic amines) is 1. The van der Waals surface area contributed by atoms with Gasteiger partial charge >= 0.3 is 0 Å². The number of aliphatic hydroxyl groups excluding tert-OH is 1. The lowest BCUT2D eigenvalue weighted by Crippen LogP contribution is -2.40. The Kier molecular flexibility index (Phi) is 5.93. The van der Waals surface area contributed by atoms with Gasteiger partial charge in [0.15, 0.2) is 0 Å². The number of hydrogen-bond acceptors (Lipinski definition) is 4. The van der Waals surface area contributed by atoms with Crippen LogP contribution in [-0.4, -0.2) is 32.7 Å². The van der Waals surface area contributed by atoms with Crippen LogP contribution in [0.1, 0.15) is 81.2 Å². The summed E-state index contributed by atoms with van der Waals surface area (Å²) in [6, 6.07) is 9.03. The summed E-state index contributed by atoms with van der Waals surface area (Å²) in [4.78, 5) is 32.4. The van der Waals surface area contributed by atoms with Gasteiger partial charge in [0.25, 0.3) is 11.7 Å². The highest BCUT2D eigenvalue weighted by Crippen LogP contribution is 2.43. The highest BCUT2D eigenvalue weighted by atomic mass is 16.3. The van der Waals surface area contributed by atoms with Gasteiger partial charge in [0.1, 0.15) is 5.76 Å². The van der Waals surface area contributed by atoms with Gasteiger partial charge in [-0.3, -0.25) is 14.6 Å². The molecule has 1 aromatic carbocycles. The summed E-state index contributed by atoms with van der Waals surface area (Å²) < 4.78 is 0. The second-order valence-electron chi connectivity index (χ2n) is 10.1. The van der Waals surface area contributed by atoms with Crippen LogP contribution in [0.15, 0.2) is 48.3 Å². The smallest absolute Gasteiger partial charge is 0.295 e. The third-order valence-electron chi connectivity index (χ3n) is 6.83. The fourth-order valence-electron chi connectivity index (χ4n) is 4.95. The van der Waals surface area contributed by atoms with Crippen molar-refractivity contribution in [3.05, 3.63) is 70.6 Å². The number of carbonyl (C=O) groups excluding carboxylic acids is 2. The Morgan fingerprint density at radius 1 is 1.03 bits per heavy atom. The Hall–Kier alpha value is -2.95. The van der Waals surface area contributed by atoms with Crippen molar-refractivity contribution in [2.45, 2.75) is 77.3 Å². The molecular weight excluding hydrogens is 400 g/mol. The molecular formula is C27H32N2O3. The molecule has 5 heteroatoms. The van der Waals surface area contributed by atoms with Crippen LogP contribution >= 0.6 is 0 Å². The molecule has 32 heavy (non-hydrogen) atoms. The molecule has 1 saturated carbocycles. The van der Waals surface area contributed by atoms with E-state index in [1.165, 1.54) is 0 Å². The molecule has 1 amide bonds. The standard InChI is InChI=1S/C27H32N2O3/c1-17-10-11-19(27(2,3)4)16-21(17)24(30)22-23(18-12-14-28-15-13-18)29(26(32)25(22)31)20-8-6-5-7-9-20/h10-16,20,23,30H,5-9H2,1-4H3/b24-22+. The summed E-state index contributed by atoms with van der Waals surface area (Å²) in [6.07, 6.45) is 8.34. The summed E-state index contributed by atoms with van der Waals surface area (Å²) in [6.45, 7) is 8.25. The van der Waals surface area contributed by atoms with Crippen LogP contribution in [-0.2, 0) is 15.0 Å². The van der Waals surface area contributed by atoms with E-state index in [-0.39, 0.29) is 22.8 Å². The van der Waals surface area contributed by atoms with Gasteiger partial charge in [0, 0.05) is 24.0 Å². The topological polar surface area (TPSA) is 70.5 Å². The third-order valence-corrected chi connectivity index (χ3v) is 6.83. The van der Waals surface area contributed by atoms with Crippen LogP contribution in [0, 0.1) is 6.92 Å². The van der Waals surface area contributed by atoms with Crippen LogP contribution in [0.5, 0.6) is 0 Å². The molecule has 1 atom stereocenters. The first kappa shape index (κ1) is 22.3. The summed E-state index contributed by atoms with van der Waals surface area (Å²) in [5.74, 6) is -1.20. The van der Waals surface area contributed by atoms with Crippen molar-refractivity contribution in [1.82, 2.24) is 9.88 Å². The molecule has 1 saturated heterocycles. The molecule has 2 fully saturated rings. The monoisotopic (exact) mass is 432 g/mol. The summed E-state index contributed by atoms with van der Waals surface area (Å²) in [5.41, 5.74) is 3.41. The Labute approximate surface area is 190 Å². The van der Waals surface area contributed by atoms with Crippen molar-refractivity contribution >= 4 is 17.4 Å². The number of hydrogen-bond donors (Lipinski definition) is 1. The van der Waals surface area contributed by atoms with Crippen LogP contribution < -0.4 is 0 Å². The maximum Gasteiger partial charge on any atom is 0.295 e. The number of carbonyl (C=O) groups is 2. The number of ketones is 1. The van der Waals surface area contributed by atoms with Crippen molar-refractivity contribution in [2.75, 3.05) is 0 Å². The predicted octanol–water partition coefficient (Wildman–Crippen LogP) is 5.44. The molecule has 4 rings (SSSR count). The van der Waals surface area contributed by atoms with E-state index in [9.17, 15) is 14.7 Å². The quantitative estimate of drug-likeness (QED) is 0.398. The molecule has 2 aromatic rings. The first-order valence-corrected chi connectivity index (χ1v) is 11.5. The van der Waals surface area contributed by atoms with E-state index in [1.54, 1.807) is 17.3 Å². The minimum atomic E-state index is -0.601. The average molecular weight is 433 g/mol. The molecule has 0 radical (unpaired) electrons. The number of Topliss-reactive ketones (excluding diaryl/α,β-unsaturated/α-hetero) is 1. The SMILES string of the molecule is Cc1ccc(C(C)(C)C)cc1/C(O)=C1\C(=O)C(=O)N(C2CCCCC2)C1c1ccncc1. The molecule has 1 aliphatic heterocycles. The maximum absolute atomic E-state index is 13.3. The second kappa shape index (κ2) is 8.53. The van der Waals surface area contributed by atoms with Crippen molar-refractivity contribution in [3.63, 3.8) is 0 Å². The Morgan fingerprint density at radius 3 is 2.31 bits per heavy atom.